The molecule has 0 bridgehead atoms. The van der Waals surface area contributed by atoms with Crippen molar-refractivity contribution in [2.45, 2.75) is 39.3 Å². The quantitative estimate of drug-likeness (QED) is 0.729. The van der Waals surface area contributed by atoms with Gasteiger partial charge in [-0.1, -0.05) is 18.8 Å². The predicted octanol–water partition coefficient (Wildman–Crippen LogP) is 1.19. The molecule has 0 aromatic carbocycles. The third kappa shape index (κ3) is 3.23. The van der Waals surface area contributed by atoms with Crippen LogP contribution in [-0.4, -0.2) is 15.6 Å². The smallest absolute Gasteiger partial charge is 0.120 e. The summed E-state index contributed by atoms with van der Waals surface area (Å²) >= 11 is 0. The molecular weight excluding hydrogens is 174 g/mol. The molecular formula is C11H17N3. The molecule has 0 radical (unpaired) electrons. The van der Waals surface area contributed by atoms with Crippen LogP contribution in [0.4, 0.5) is 0 Å². The first-order chi connectivity index (χ1) is 6.74. The Morgan fingerprint density at radius 2 is 2.43 bits per heavy atom. The van der Waals surface area contributed by atoms with E-state index in [0.29, 0.717) is 6.42 Å². The van der Waals surface area contributed by atoms with E-state index in [2.05, 4.69) is 28.3 Å². The number of imidazole rings is 1. The van der Waals surface area contributed by atoms with Gasteiger partial charge in [-0.05, 0) is 13.3 Å². The second-order valence-corrected chi connectivity index (χ2v) is 3.32. The Morgan fingerprint density at radius 1 is 1.64 bits per heavy atom. The minimum Gasteiger partial charge on any atom is -0.334 e. The molecule has 0 spiro atoms. The SMILES string of the molecule is CCCn1ccnc1CC#CC(C)N. The van der Waals surface area contributed by atoms with Crippen LogP contribution in [0, 0.1) is 11.8 Å². The monoisotopic (exact) mass is 191 g/mol. The molecule has 3 heteroatoms. The molecule has 1 heterocycles. The molecule has 2 N–H and O–H groups in total. The van der Waals surface area contributed by atoms with Crippen molar-refractivity contribution in [2.75, 3.05) is 0 Å². The summed E-state index contributed by atoms with van der Waals surface area (Å²) in [4.78, 5) is 4.25. The largest absolute Gasteiger partial charge is 0.334 e. The Labute approximate surface area is 85.3 Å². The summed E-state index contributed by atoms with van der Waals surface area (Å²) in [5.41, 5.74) is 5.53. The Kier molecular flexibility index (Phi) is 4.21. The van der Waals surface area contributed by atoms with Crippen molar-refractivity contribution in [3.8, 4) is 11.8 Å². The summed E-state index contributed by atoms with van der Waals surface area (Å²) < 4.78 is 2.13. The fraction of sp³-hybridized carbons (Fsp3) is 0.545. The standard InChI is InChI=1S/C11H17N3/c1-3-8-14-9-7-13-11(14)6-4-5-10(2)12/h7,9-10H,3,6,8,12H2,1-2H3. The van der Waals surface area contributed by atoms with Crippen molar-refractivity contribution in [1.82, 2.24) is 9.55 Å². The summed E-state index contributed by atoms with van der Waals surface area (Å²) in [5.74, 6) is 6.98. The van der Waals surface area contributed by atoms with Crippen LogP contribution in [-0.2, 0) is 13.0 Å². The number of hydrogen-bond donors (Lipinski definition) is 1. The van der Waals surface area contributed by atoms with Gasteiger partial charge in [0.25, 0.3) is 0 Å². The Hall–Kier alpha value is -1.27. The summed E-state index contributed by atoms with van der Waals surface area (Å²) in [5, 5.41) is 0. The molecule has 0 amide bonds. The van der Waals surface area contributed by atoms with Gasteiger partial charge in [-0.25, -0.2) is 4.98 Å². The van der Waals surface area contributed by atoms with Crippen LogP contribution in [0.2, 0.25) is 0 Å². The lowest BCUT2D eigenvalue weighted by Crippen LogP contribution is -2.11. The first-order valence-corrected chi connectivity index (χ1v) is 4.98. The molecule has 1 rings (SSSR count). The van der Waals surface area contributed by atoms with Crippen molar-refractivity contribution in [2.24, 2.45) is 5.73 Å². The summed E-state index contributed by atoms with van der Waals surface area (Å²) in [6, 6.07) is -0.0513. The molecule has 0 saturated heterocycles. The summed E-state index contributed by atoms with van der Waals surface area (Å²) in [6.45, 7) is 5.04. The van der Waals surface area contributed by atoms with E-state index < -0.39 is 0 Å². The minimum atomic E-state index is -0.0513. The zero-order valence-electron chi connectivity index (χ0n) is 8.83. The van der Waals surface area contributed by atoms with E-state index in [0.717, 1.165) is 18.8 Å². The molecule has 1 aromatic heterocycles. The number of nitrogens with two attached hydrogens (primary N) is 1. The summed E-state index contributed by atoms with van der Waals surface area (Å²) in [6.07, 6.45) is 5.61. The fourth-order valence-corrected chi connectivity index (χ4v) is 1.24. The zero-order chi connectivity index (χ0) is 10.4. The molecule has 0 aliphatic heterocycles. The normalized spacial score (nSPS) is 11.9. The summed E-state index contributed by atoms with van der Waals surface area (Å²) in [7, 11) is 0. The zero-order valence-corrected chi connectivity index (χ0v) is 8.83. The van der Waals surface area contributed by atoms with Gasteiger partial charge in [-0.2, -0.15) is 0 Å². The van der Waals surface area contributed by atoms with Gasteiger partial charge in [0.15, 0.2) is 0 Å². The molecule has 0 fully saturated rings. The van der Waals surface area contributed by atoms with Gasteiger partial charge in [0.2, 0.25) is 0 Å². The van der Waals surface area contributed by atoms with Crippen molar-refractivity contribution in [1.29, 1.82) is 0 Å². The maximum Gasteiger partial charge on any atom is 0.120 e. The number of hydrogen-bond acceptors (Lipinski definition) is 2. The van der Waals surface area contributed by atoms with E-state index in [9.17, 15) is 0 Å². The highest BCUT2D eigenvalue weighted by atomic mass is 15.1. The fourth-order valence-electron chi connectivity index (χ4n) is 1.24. The van der Waals surface area contributed by atoms with Crippen molar-refractivity contribution < 1.29 is 0 Å². The average Bonchev–Trinajstić information content (AvgIpc) is 2.53. The van der Waals surface area contributed by atoms with E-state index in [1.165, 1.54) is 0 Å². The van der Waals surface area contributed by atoms with Crippen LogP contribution in [0.25, 0.3) is 0 Å². The number of rotatable bonds is 3. The Morgan fingerprint density at radius 3 is 3.07 bits per heavy atom. The minimum absolute atomic E-state index is 0.0513. The average molecular weight is 191 g/mol. The van der Waals surface area contributed by atoms with E-state index >= 15 is 0 Å². The Balaban J connectivity index is 2.59. The second-order valence-electron chi connectivity index (χ2n) is 3.32. The van der Waals surface area contributed by atoms with Crippen LogP contribution >= 0.6 is 0 Å². The van der Waals surface area contributed by atoms with Gasteiger partial charge in [-0.3, -0.25) is 0 Å². The Bertz CT molecular complexity index is 328. The van der Waals surface area contributed by atoms with Crippen LogP contribution in [0.3, 0.4) is 0 Å². The van der Waals surface area contributed by atoms with E-state index in [4.69, 9.17) is 5.73 Å². The van der Waals surface area contributed by atoms with Crippen LogP contribution < -0.4 is 5.73 Å². The molecule has 1 aromatic rings. The van der Waals surface area contributed by atoms with Crippen LogP contribution in [0.1, 0.15) is 26.1 Å². The predicted molar refractivity (Wildman–Crippen MR) is 57.6 cm³/mol. The third-order valence-electron chi connectivity index (χ3n) is 1.84. The first kappa shape index (κ1) is 10.8. The van der Waals surface area contributed by atoms with E-state index in [-0.39, 0.29) is 6.04 Å². The topological polar surface area (TPSA) is 43.8 Å². The molecule has 0 aliphatic carbocycles. The van der Waals surface area contributed by atoms with Gasteiger partial charge >= 0.3 is 0 Å². The van der Waals surface area contributed by atoms with E-state index in [1.54, 1.807) is 0 Å². The number of aryl methyl sites for hydroxylation is 1. The number of aromatic nitrogens is 2. The molecule has 0 saturated carbocycles. The van der Waals surface area contributed by atoms with Crippen molar-refractivity contribution in [3.63, 3.8) is 0 Å². The van der Waals surface area contributed by atoms with Crippen molar-refractivity contribution >= 4 is 0 Å². The maximum atomic E-state index is 5.53. The van der Waals surface area contributed by atoms with Gasteiger partial charge in [0.05, 0.1) is 12.5 Å². The van der Waals surface area contributed by atoms with E-state index in [1.807, 2.05) is 19.3 Å². The molecule has 0 aliphatic rings. The highest BCUT2D eigenvalue weighted by molar-refractivity contribution is 5.11. The lowest BCUT2D eigenvalue weighted by molar-refractivity contribution is 0.650. The highest BCUT2D eigenvalue weighted by Crippen LogP contribution is 1.99. The second kappa shape index (κ2) is 5.46. The number of nitrogens with zero attached hydrogens (tertiary/aromatic N) is 2. The molecule has 14 heavy (non-hydrogen) atoms. The third-order valence-corrected chi connectivity index (χ3v) is 1.84. The highest BCUT2D eigenvalue weighted by Gasteiger charge is 1.98. The lowest BCUT2D eigenvalue weighted by Gasteiger charge is -2.02. The van der Waals surface area contributed by atoms with Crippen molar-refractivity contribution in [3.05, 3.63) is 18.2 Å². The molecule has 3 nitrogen and oxygen atoms in total. The van der Waals surface area contributed by atoms with Crippen LogP contribution in [0.5, 0.6) is 0 Å². The van der Waals surface area contributed by atoms with Gasteiger partial charge in [0, 0.05) is 18.9 Å². The van der Waals surface area contributed by atoms with Crippen LogP contribution in [0.15, 0.2) is 12.4 Å². The van der Waals surface area contributed by atoms with Gasteiger partial charge < -0.3 is 10.3 Å². The molecule has 76 valence electrons. The maximum absolute atomic E-state index is 5.53. The van der Waals surface area contributed by atoms with Gasteiger partial charge in [0.1, 0.15) is 5.82 Å². The molecule has 1 unspecified atom stereocenters. The lowest BCUT2D eigenvalue weighted by atomic mass is 10.3. The molecule has 1 atom stereocenters. The van der Waals surface area contributed by atoms with Gasteiger partial charge in [-0.15, -0.1) is 0 Å². The first-order valence-electron chi connectivity index (χ1n) is 4.98.